The minimum Gasteiger partial charge on any atom is -0.482 e. The lowest BCUT2D eigenvalue weighted by Gasteiger charge is -2.23. The van der Waals surface area contributed by atoms with Crippen LogP contribution in [0.3, 0.4) is 0 Å². The van der Waals surface area contributed by atoms with E-state index in [-0.39, 0.29) is 30.1 Å². The first kappa shape index (κ1) is 16.1. The molecular formula is C14H18ClNO4S. The van der Waals surface area contributed by atoms with E-state index in [4.69, 9.17) is 16.3 Å². The first-order valence-electron chi connectivity index (χ1n) is 6.63. The van der Waals surface area contributed by atoms with Gasteiger partial charge in [-0.2, -0.15) is 0 Å². The van der Waals surface area contributed by atoms with Gasteiger partial charge in [0.15, 0.2) is 16.4 Å². The van der Waals surface area contributed by atoms with Gasteiger partial charge in [-0.25, -0.2) is 8.42 Å². The van der Waals surface area contributed by atoms with E-state index in [1.54, 1.807) is 19.2 Å². The number of carbonyl (C=O) groups is 1. The van der Waals surface area contributed by atoms with Crippen molar-refractivity contribution < 1.29 is 17.9 Å². The molecule has 116 valence electrons. The number of amides is 1. The molecule has 1 atom stereocenters. The number of halogens is 1. The zero-order chi connectivity index (χ0) is 15.6. The van der Waals surface area contributed by atoms with Crippen LogP contribution in [0.15, 0.2) is 18.2 Å². The number of hydrogen-bond acceptors (Lipinski definition) is 4. The Bertz CT molecular complexity index is 644. The standard InChI is InChI=1S/C14H18ClNO4S/c1-10-3-4-12(15)13(7-10)20-8-14(17)16(2)11-5-6-21(18,19)9-11/h3-4,7,11H,5-6,8-9H2,1-2H3/t11-/m0/s1. The van der Waals surface area contributed by atoms with E-state index in [9.17, 15) is 13.2 Å². The number of carbonyl (C=O) groups excluding carboxylic acids is 1. The highest BCUT2D eigenvalue weighted by Crippen LogP contribution is 2.25. The summed E-state index contributed by atoms with van der Waals surface area (Å²) in [5.74, 6) is 0.368. The van der Waals surface area contributed by atoms with Crippen molar-refractivity contribution in [2.24, 2.45) is 0 Å². The van der Waals surface area contributed by atoms with Gasteiger partial charge in [0.05, 0.1) is 16.5 Å². The zero-order valence-corrected chi connectivity index (χ0v) is 13.6. The van der Waals surface area contributed by atoms with Crippen molar-refractivity contribution in [1.82, 2.24) is 4.90 Å². The molecule has 0 aliphatic carbocycles. The number of hydrogen-bond donors (Lipinski definition) is 0. The monoisotopic (exact) mass is 331 g/mol. The second-order valence-corrected chi connectivity index (χ2v) is 7.92. The van der Waals surface area contributed by atoms with Crippen LogP contribution in [0.1, 0.15) is 12.0 Å². The van der Waals surface area contributed by atoms with Crippen molar-refractivity contribution >= 4 is 27.3 Å². The summed E-state index contributed by atoms with van der Waals surface area (Å²) in [6.45, 7) is 1.75. The van der Waals surface area contributed by atoms with Crippen molar-refractivity contribution in [2.75, 3.05) is 25.2 Å². The Balaban J connectivity index is 1.94. The molecule has 1 aromatic carbocycles. The summed E-state index contributed by atoms with van der Waals surface area (Å²) in [7, 11) is -1.40. The summed E-state index contributed by atoms with van der Waals surface area (Å²) >= 11 is 5.99. The lowest BCUT2D eigenvalue weighted by atomic mass is 10.2. The van der Waals surface area contributed by atoms with Gasteiger partial charge >= 0.3 is 0 Å². The maximum atomic E-state index is 12.1. The highest BCUT2D eigenvalue weighted by atomic mass is 35.5. The molecule has 0 bridgehead atoms. The summed E-state index contributed by atoms with van der Waals surface area (Å²) in [4.78, 5) is 13.5. The molecule has 0 radical (unpaired) electrons. The number of rotatable bonds is 4. The van der Waals surface area contributed by atoms with Gasteiger partial charge in [-0.1, -0.05) is 17.7 Å². The van der Waals surface area contributed by atoms with Crippen LogP contribution in [-0.2, 0) is 14.6 Å². The Labute approximate surface area is 129 Å². The molecule has 1 aromatic rings. The van der Waals surface area contributed by atoms with Crippen LogP contribution >= 0.6 is 11.6 Å². The van der Waals surface area contributed by atoms with E-state index in [1.165, 1.54) is 4.90 Å². The molecule has 5 nitrogen and oxygen atoms in total. The van der Waals surface area contributed by atoms with Crippen molar-refractivity contribution in [2.45, 2.75) is 19.4 Å². The molecule has 21 heavy (non-hydrogen) atoms. The predicted octanol–water partition coefficient (Wildman–Crippen LogP) is 1.67. The van der Waals surface area contributed by atoms with E-state index in [2.05, 4.69) is 0 Å². The van der Waals surface area contributed by atoms with E-state index >= 15 is 0 Å². The Morgan fingerprint density at radius 2 is 2.19 bits per heavy atom. The molecule has 0 saturated carbocycles. The zero-order valence-electron chi connectivity index (χ0n) is 12.0. The Morgan fingerprint density at radius 3 is 2.81 bits per heavy atom. The molecule has 2 rings (SSSR count). The third-order valence-electron chi connectivity index (χ3n) is 3.59. The quantitative estimate of drug-likeness (QED) is 0.842. The average Bonchev–Trinajstić information content (AvgIpc) is 2.79. The molecule has 1 saturated heterocycles. The number of nitrogens with zero attached hydrogens (tertiary/aromatic N) is 1. The van der Waals surface area contributed by atoms with Crippen molar-refractivity contribution in [1.29, 1.82) is 0 Å². The topological polar surface area (TPSA) is 63.7 Å². The number of likely N-dealkylation sites (N-methyl/N-ethyl adjacent to an activating group) is 1. The normalized spacial score (nSPS) is 20.2. The van der Waals surface area contributed by atoms with Crippen LogP contribution < -0.4 is 4.74 Å². The third kappa shape index (κ3) is 4.11. The average molecular weight is 332 g/mol. The Kier molecular flexibility index (Phi) is 4.78. The Hall–Kier alpha value is -1.27. The predicted molar refractivity (Wildman–Crippen MR) is 81.5 cm³/mol. The van der Waals surface area contributed by atoms with Crippen LogP contribution in [-0.4, -0.2) is 50.4 Å². The highest BCUT2D eigenvalue weighted by molar-refractivity contribution is 7.91. The molecule has 0 N–H and O–H groups in total. The number of sulfone groups is 1. The molecule has 1 aliphatic rings. The first-order valence-corrected chi connectivity index (χ1v) is 8.83. The first-order chi connectivity index (χ1) is 9.78. The van der Waals surface area contributed by atoms with Crippen molar-refractivity contribution in [3.05, 3.63) is 28.8 Å². The highest BCUT2D eigenvalue weighted by Gasteiger charge is 2.32. The summed E-state index contributed by atoms with van der Waals surface area (Å²) in [6.07, 6.45) is 0.482. The fourth-order valence-corrected chi connectivity index (χ4v) is 4.19. The number of aryl methyl sites for hydroxylation is 1. The van der Waals surface area contributed by atoms with Gasteiger partial charge < -0.3 is 9.64 Å². The van der Waals surface area contributed by atoms with Gasteiger partial charge in [0.1, 0.15) is 5.75 Å². The molecule has 1 heterocycles. The van der Waals surface area contributed by atoms with Crippen LogP contribution in [0.4, 0.5) is 0 Å². The molecule has 0 aromatic heterocycles. The van der Waals surface area contributed by atoms with Crippen LogP contribution in [0, 0.1) is 6.92 Å². The second-order valence-electron chi connectivity index (χ2n) is 5.28. The van der Waals surface area contributed by atoms with Crippen molar-refractivity contribution in [3.8, 4) is 5.75 Å². The van der Waals surface area contributed by atoms with Gasteiger partial charge in [0.25, 0.3) is 5.91 Å². The van der Waals surface area contributed by atoms with Gasteiger partial charge in [0, 0.05) is 13.1 Å². The molecule has 0 unspecified atom stereocenters. The van der Waals surface area contributed by atoms with Gasteiger partial charge in [-0.05, 0) is 31.0 Å². The summed E-state index contributed by atoms with van der Waals surface area (Å²) in [5, 5.41) is 0.444. The summed E-state index contributed by atoms with van der Waals surface area (Å²) in [6, 6.07) is 5.06. The molecule has 1 aliphatic heterocycles. The van der Waals surface area contributed by atoms with E-state index in [1.807, 2.05) is 13.0 Å². The smallest absolute Gasteiger partial charge is 0.260 e. The maximum Gasteiger partial charge on any atom is 0.260 e. The Morgan fingerprint density at radius 1 is 1.48 bits per heavy atom. The van der Waals surface area contributed by atoms with Crippen LogP contribution in [0.25, 0.3) is 0 Å². The van der Waals surface area contributed by atoms with Gasteiger partial charge in [-0.3, -0.25) is 4.79 Å². The number of benzene rings is 1. The van der Waals surface area contributed by atoms with Gasteiger partial charge in [0.2, 0.25) is 0 Å². The summed E-state index contributed by atoms with van der Waals surface area (Å²) < 4.78 is 28.3. The second kappa shape index (κ2) is 6.23. The van der Waals surface area contributed by atoms with Gasteiger partial charge in [-0.15, -0.1) is 0 Å². The fourth-order valence-electron chi connectivity index (χ4n) is 2.25. The molecule has 7 heteroatoms. The largest absolute Gasteiger partial charge is 0.482 e. The van der Waals surface area contributed by atoms with Crippen LogP contribution in [0.2, 0.25) is 5.02 Å². The SMILES string of the molecule is Cc1ccc(Cl)c(OCC(=O)N(C)[C@H]2CCS(=O)(=O)C2)c1. The van der Waals surface area contributed by atoms with Crippen molar-refractivity contribution in [3.63, 3.8) is 0 Å². The van der Waals surface area contributed by atoms with E-state index in [0.717, 1.165) is 5.56 Å². The maximum absolute atomic E-state index is 12.1. The molecule has 1 amide bonds. The van der Waals surface area contributed by atoms with E-state index < -0.39 is 9.84 Å². The fraction of sp³-hybridized carbons (Fsp3) is 0.500. The summed E-state index contributed by atoms with van der Waals surface area (Å²) in [5.41, 5.74) is 0.983. The minimum atomic E-state index is -3.01. The number of ether oxygens (including phenoxy) is 1. The molecule has 1 fully saturated rings. The minimum absolute atomic E-state index is 0.0282. The van der Waals surface area contributed by atoms with Crippen LogP contribution in [0.5, 0.6) is 5.75 Å². The van der Waals surface area contributed by atoms with E-state index in [0.29, 0.717) is 17.2 Å². The lowest BCUT2D eigenvalue weighted by molar-refractivity contribution is -0.133. The lowest BCUT2D eigenvalue weighted by Crippen LogP contribution is -2.40. The third-order valence-corrected chi connectivity index (χ3v) is 5.65. The molecule has 0 spiro atoms. The molecular weight excluding hydrogens is 314 g/mol.